The molecule has 1 aromatic rings. The highest BCUT2D eigenvalue weighted by Crippen LogP contribution is 2.30. The zero-order valence-electron chi connectivity index (χ0n) is 14.0. The summed E-state index contributed by atoms with van der Waals surface area (Å²) in [5.41, 5.74) is 2.93. The van der Waals surface area contributed by atoms with E-state index in [2.05, 4.69) is 5.32 Å². The minimum atomic E-state index is -0.0252. The topological polar surface area (TPSA) is 49.4 Å². The Balaban J connectivity index is 2.14. The first-order chi connectivity index (χ1) is 10.3. The van der Waals surface area contributed by atoms with Crippen LogP contribution in [-0.2, 0) is 16.0 Å². The number of hydrogen-bond acceptors (Lipinski definition) is 2. The largest absolute Gasteiger partial charge is 0.326 e. The molecular formula is C18H26N2O2. The van der Waals surface area contributed by atoms with Crippen molar-refractivity contribution in [3.8, 4) is 0 Å². The minimum Gasteiger partial charge on any atom is -0.326 e. The summed E-state index contributed by atoms with van der Waals surface area (Å²) < 4.78 is 0. The second kappa shape index (κ2) is 6.51. The Morgan fingerprint density at radius 3 is 2.64 bits per heavy atom. The summed E-state index contributed by atoms with van der Waals surface area (Å²) in [6.45, 7) is 8.82. The summed E-state index contributed by atoms with van der Waals surface area (Å²) in [5, 5.41) is 2.96. The molecule has 0 radical (unpaired) electrons. The molecule has 1 aromatic carbocycles. The lowest BCUT2D eigenvalue weighted by Crippen LogP contribution is -2.34. The van der Waals surface area contributed by atoms with E-state index in [1.165, 1.54) is 0 Å². The number of nitrogens with zero attached hydrogens (tertiary/aromatic N) is 1. The van der Waals surface area contributed by atoms with Crippen LogP contribution in [0.15, 0.2) is 18.2 Å². The average molecular weight is 302 g/mol. The molecule has 0 saturated heterocycles. The third kappa shape index (κ3) is 4.09. The number of fused-ring (bicyclic) bond motifs is 1. The lowest BCUT2D eigenvalue weighted by atomic mass is 9.92. The van der Waals surface area contributed by atoms with Gasteiger partial charge in [0.1, 0.15) is 0 Å². The van der Waals surface area contributed by atoms with Crippen LogP contribution in [0.4, 0.5) is 11.4 Å². The molecule has 2 amide bonds. The average Bonchev–Trinajstić information content (AvgIpc) is 2.43. The first kappa shape index (κ1) is 16.5. The highest BCUT2D eigenvalue weighted by atomic mass is 16.2. The first-order valence-electron chi connectivity index (χ1n) is 8.03. The Morgan fingerprint density at radius 1 is 1.27 bits per heavy atom. The highest BCUT2D eigenvalue weighted by Gasteiger charge is 2.22. The van der Waals surface area contributed by atoms with Gasteiger partial charge in [0.05, 0.1) is 0 Å². The fourth-order valence-corrected chi connectivity index (χ4v) is 2.81. The van der Waals surface area contributed by atoms with Crippen molar-refractivity contribution in [2.45, 2.75) is 53.4 Å². The Hall–Kier alpha value is -1.84. The van der Waals surface area contributed by atoms with Gasteiger partial charge < -0.3 is 10.2 Å². The predicted molar refractivity (Wildman–Crippen MR) is 90.1 cm³/mol. The van der Waals surface area contributed by atoms with Crippen LogP contribution in [0.1, 0.15) is 52.5 Å². The Bertz CT molecular complexity index is 573. The van der Waals surface area contributed by atoms with Gasteiger partial charge in [-0.1, -0.05) is 27.7 Å². The Labute approximate surface area is 132 Å². The SMILES string of the molecule is CCC(=O)N1CCCc2cc(NC(=O)CC(C)(C)C)ccc21. The van der Waals surface area contributed by atoms with E-state index in [9.17, 15) is 9.59 Å². The molecule has 0 aliphatic carbocycles. The second-order valence-corrected chi connectivity index (χ2v) is 7.13. The first-order valence-corrected chi connectivity index (χ1v) is 8.03. The second-order valence-electron chi connectivity index (χ2n) is 7.13. The van der Waals surface area contributed by atoms with Crippen molar-refractivity contribution in [1.82, 2.24) is 0 Å². The molecule has 2 rings (SSSR count). The van der Waals surface area contributed by atoms with Crippen LogP contribution in [0.3, 0.4) is 0 Å². The zero-order valence-corrected chi connectivity index (χ0v) is 14.0. The van der Waals surface area contributed by atoms with Gasteiger partial charge in [0.25, 0.3) is 0 Å². The van der Waals surface area contributed by atoms with Crippen LogP contribution in [0.2, 0.25) is 0 Å². The summed E-state index contributed by atoms with van der Waals surface area (Å²) in [6.07, 6.45) is 2.93. The molecule has 1 aliphatic rings. The number of carbonyl (C=O) groups excluding carboxylic acids is 2. The van der Waals surface area contributed by atoms with Crippen molar-refractivity contribution in [1.29, 1.82) is 0 Å². The monoisotopic (exact) mass is 302 g/mol. The van der Waals surface area contributed by atoms with Gasteiger partial charge in [-0.15, -0.1) is 0 Å². The molecule has 1 N–H and O–H groups in total. The summed E-state index contributed by atoms with van der Waals surface area (Å²) in [7, 11) is 0. The van der Waals surface area contributed by atoms with E-state index in [-0.39, 0.29) is 17.2 Å². The smallest absolute Gasteiger partial charge is 0.226 e. The number of nitrogens with one attached hydrogen (secondary N) is 1. The number of anilines is 2. The molecule has 0 spiro atoms. The summed E-state index contributed by atoms with van der Waals surface area (Å²) in [6, 6.07) is 5.85. The third-order valence-corrected chi connectivity index (χ3v) is 3.78. The van der Waals surface area contributed by atoms with Crippen LogP contribution in [0, 0.1) is 5.41 Å². The molecule has 4 heteroatoms. The van der Waals surface area contributed by atoms with Crippen LogP contribution >= 0.6 is 0 Å². The Kier molecular flexibility index (Phi) is 4.89. The van der Waals surface area contributed by atoms with Crippen molar-refractivity contribution < 1.29 is 9.59 Å². The van der Waals surface area contributed by atoms with Gasteiger partial charge in [-0.3, -0.25) is 9.59 Å². The van der Waals surface area contributed by atoms with Gasteiger partial charge in [-0.05, 0) is 42.0 Å². The maximum Gasteiger partial charge on any atom is 0.226 e. The van der Waals surface area contributed by atoms with Crippen molar-refractivity contribution in [2.24, 2.45) is 5.41 Å². The number of rotatable bonds is 3. The number of benzene rings is 1. The van der Waals surface area contributed by atoms with Crippen LogP contribution < -0.4 is 10.2 Å². The quantitative estimate of drug-likeness (QED) is 0.924. The van der Waals surface area contributed by atoms with E-state index in [0.29, 0.717) is 12.8 Å². The Morgan fingerprint density at radius 2 is 2.00 bits per heavy atom. The predicted octanol–water partition coefficient (Wildman–Crippen LogP) is 3.75. The molecule has 0 fully saturated rings. The standard InChI is InChI=1S/C18H26N2O2/c1-5-17(22)20-10-6-7-13-11-14(8-9-15(13)20)19-16(21)12-18(2,3)4/h8-9,11H,5-7,10,12H2,1-4H3,(H,19,21). The lowest BCUT2D eigenvalue weighted by Gasteiger charge is -2.29. The van der Waals surface area contributed by atoms with E-state index in [4.69, 9.17) is 0 Å². The van der Waals surface area contributed by atoms with Crippen LogP contribution in [0.5, 0.6) is 0 Å². The van der Waals surface area contributed by atoms with E-state index in [1.54, 1.807) is 0 Å². The van der Waals surface area contributed by atoms with Gasteiger partial charge in [0.15, 0.2) is 0 Å². The molecule has 0 aromatic heterocycles. The van der Waals surface area contributed by atoms with Gasteiger partial charge in [0.2, 0.25) is 11.8 Å². The molecule has 0 bridgehead atoms. The summed E-state index contributed by atoms with van der Waals surface area (Å²) in [4.78, 5) is 25.9. The van der Waals surface area contributed by atoms with Crippen molar-refractivity contribution in [3.05, 3.63) is 23.8 Å². The molecule has 22 heavy (non-hydrogen) atoms. The number of amides is 2. The van der Waals surface area contributed by atoms with Crippen LogP contribution in [0.25, 0.3) is 0 Å². The molecule has 1 heterocycles. The van der Waals surface area contributed by atoms with E-state index in [1.807, 2.05) is 50.8 Å². The number of aryl methyl sites for hydroxylation is 1. The van der Waals surface area contributed by atoms with Crippen molar-refractivity contribution in [3.63, 3.8) is 0 Å². The van der Waals surface area contributed by atoms with E-state index >= 15 is 0 Å². The summed E-state index contributed by atoms with van der Waals surface area (Å²) >= 11 is 0. The van der Waals surface area contributed by atoms with Crippen LogP contribution in [-0.4, -0.2) is 18.4 Å². The van der Waals surface area contributed by atoms with Crippen molar-refractivity contribution in [2.75, 3.05) is 16.8 Å². The maximum absolute atomic E-state index is 12.0. The maximum atomic E-state index is 12.0. The zero-order chi connectivity index (χ0) is 16.3. The van der Waals surface area contributed by atoms with Crippen molar-refractivity contribution >= 4 is 23.2 Å². The molecular weight excluding hydrogens is 276 g/mol. The molecule has 0 saturated carbocycles. The lowest BCUT2D eigenvalue weighted by molar-refractivity contribution is -0.119. The molecule has 0 unspecified atom stereocenters. The van der Waals surface area contributed by atoms with E-state index in [0.717, 1.165) is 36.3 Å². The van der Waals surface area contributed by atoms with Gasteiger partial charge >= 0.3 is 0 Å². The fraction of sp³-hybridized carbons (Fsp3) is 0.556. The molecule has 0 atom stereocenters. The van der Waals surface area contributed by atoms with Gasteiger partial charge in [-0.2, -0.15) is 0 Å². The van der Waals surface area contributed by atoms with Gasteiger partial charge in [-0.25, -0.2) is 0 Å². The third-order valence-electron chi connectivity index (χ3n) is 3.78. The molecule has 120 valence electrons. The van der Waals surface area contributed by atoms with E-state index < -0.39 is 0 Å². The number of carbonyl (C=O) groups is 2. The molecule has 4 nitrogen and oxygen atoms in total. The van der Waals surface area contributed by atoms with Gasteiger partial charge in [0, 0.05) is 30.8 Å². The number of hydrogen-bond donors (Lipinski definition) is 1. The highest BCUT2D eigenvalue weighted by molar-refractivity contribution is 5.96. The fourth-order valence-electron chi connectivity index (χ4n) is 2.81. The normalized spacial score (nSPS) is 14.5. The molecule has 1 aliphatic heterocycles. The minimum absolute atomic E-state index is 0.0252. The summed E-state index contributed by atoms with van der Waals surface area (Å²) in [5.74, 6) is 0.190.